The third-order valence-corrected chi connectivity index (χ3v) is 5.17. The first-order chi connectivity index (χ1) is 8.36. The Bertz CT molecular complexity index is 253. The topological polar surface area (TPSA) is 6.48 Å². The Kier molecular flexibility index (Phi) is 3.72. The molecule has 0 aromatic heterocycles. The molecule has 0 aliphatic carbocycles. The van der Waals surface area contributed by atoms with Crippen LogP contribution in [0.2, 0.25) is 0 Å². The van der Waals surface area contributed by atoms with Gasteiger partial charge in [-0.05, 0) is 50.6 Å². The van der Waals surface area contributed by atoms with E-state index >= 15 is 0 Å². The molecule has 98 valence electrons. The summed E-state index contributed by atoms with van der Waals surface area (Å²) in [7, 11) is 0. The van der Waals surface area contributed by atoms with E-state index in [-0.39, 0.29) is 0 Å². The van der Waals surface area contributed by atoms with Crippen LogP contribution in [0, 0.1) is 11.8 Å². The summed E-state index contributed by atoms with van der Waals surface area (Å²) in [5.41, 5.74) is 0. The number of rotatable bonds is 3. The summed E-state index contributed by atoms with van der Waals surface area (Å²) in [6.45, 7) is 9.26. The summed E-state index contributed by atoms with van der Waals surface area (Å²) in [5.74, 6) is 1.99. The van der Waals surface area contributed by atoms with Crippen LogP contribution < -0.4 is 0 Å². The van der Waals surface area contributed by atoms with Crippen LogP contribution in [0.5, 0.6) is 0 Å². The lowest BCUT2D eigenvalue weighted by Crippen LogP contribution is -2.59. The smallest absolute Gasteiger partial charge is 0.0136 e. The number of unbranched alkanes of at least 4 members (excludes halogenated alkanes) is 1. The van der Waals surface area contributed by atoms with Gasteiger partial charge in [-0.15, -0.1) is 0 Å². The lowest BCUT2D eigenvalue weighted by Gasteiger charge is -2.52. The Hall–Kier alpha value is -0.0800. The van der Waals surface area contributed by atoms with Crippen molar-refractivity contribution in [2.45, 2.75) is 51.5 Å². The van der Waals surface area contributed by atoms with Crippen molar-refractivity contribution >= 4 is 0 Å². The summed E-state index contributed by atoms with van der Waals surface area (Å²) in [6, 6.07) is 0.949. The van der Waals surface area contributed by atoms with E-state index in [4.69, 9.17) is 0 Å². The number of hydrogen-bond donors (Lipinski definition) is 0. The Morgan fingerprint density at radius 2 is 2.06 bits per heavy atom. The van der Waals surface area contributed by atoms with E-state index in [1.54, 1.807) is 0 Å². The fourth-order valence-corrected chi connectivity index (χ4v) is 4.43. The molecule has 2 nitrogen and oxygen atoms in total. The zero-order valence-corrected chi connectivity index (χ0v) is 11.4. The van der Waals surface area contributed by atoms with Crippen molar-refractivity contribution in [3.8, 4) is 0 Å². The normalized spacial score (nSPS) is 39.0. The highest BCUT2D eigenvalue weighted by atomic mass is 15.2. The summed E-state index contributed by atoms with van der Waals surface area (Å²) in [5, 5.41) is 0. The summed E-state index contributed by atoms with van der Waals surface area (Å²) in [4.78, 5) is 5.60. The van der Waals surface area contributed by atoms with Gasteiger partial charge in [-0.1, -0.05) is 19.8 Å². The minimum Gasteiger partial charge on any atom is -0.303 e. The molecule has 3 aliphatic rings. The van der Waals surface area contributed by atoms with Gasteiger partial charge in [0.05, 0.1) is 0 Å². The minimum atomic E-state index is 0.949. The lowest BCUT2D eigenvalue weighted by atomic mass is 9.76. The highest BCUT2D eigenvalue weighted by Gasteiger charge is 2.41. The number of nitrogens with zero attached hydrogens (tertiary/aromatic N) is 2. The van der Waals surface area contributed by atoms with Crippen molar-refractivity contribution in [2.24, 2.45) is 11.8 Å². The van der Waals surface area contributed by atoms with E-state index in [0.29, 0.717) is 0 Å². The molecule has 2 bridgehead atoms. The number of likely N-dealkylation sites (tertiary alicyclic amines) is 1. The van der Waals surface area contributed by atoms with Gasteiger partial charge in [0.15, 0.2) is 0 Å². The van der Waals surface area contributed by atoms with Crippen LogP contribution in [0.4, 0.5) is 0 Å². The van der Waals surface area contributed by atoms with Gasteiger partial charge in [0.2, 0.25) is 0 Å². The Labute approximate surface area is 106 Å². The molecule has 3 saturated heterocycles. The van der Waals surface area contributed by atoms with Crippen LogP contribution in [0.1, 0.15) is 45.4 Å². The zero-order valence-electron chi connectivity index (χ0n) is 11.4. The second-order valence-corrected chi connectivity index (χ2v) is 6.53. The van der Waals surface area contributed by atoms with E-state index in [1.165, 1.54) is 71.2 Å². The molecule has 3 fully saturated rings. The molecule has 17 heavy (non-hydrogen) atoms. The highest BCUT2D eigenvalue weighted by molar-refractivity contribution is 4.95. The fourth-order valence-electron chi connectivity index (χ4n) is 4.43. The molecule has 0 saturated carbocycles. The minimum absolute atomic E-state index is 0.949. The van der Waals surface area contributed by atoms with Gasteiger partial charge in [-0.25, -0.2) is 0 Å². The quantitative estimate of drug-likeness (QED) is 0.743. The Balaban J connectivity index is 1.62. The molecule has 1 unspecified atom stereocenters. The molecule has 3 rings (SSSR count). The first-order valence-corrected chi connectivity index (χ1v) is 7.83. The molecule has 0 spiro atoms. The third-order valence-electron chi connectivity index (χ3n) is 5.17. The molecule has 2 heteroatoms. The summed E-state index contributed by atoms with van der Waals surface area (Å²) in [6.07, 6.45) is 8.70. The van der Waals surface area contributed by atoms with Crippen molar-refractivity contribution in [2.75, 3.05) is 32.7 Å². The number of piperidine rings is 3. The maximum atomic E-state index is 2.83. The van der Waals surface area contributed by atoms with Gasteiger partial charge in [-0.2, -0.15) is 0 Å². The molecule has 3 atom stereocenters. The molecule has 0 N–H and O–H groups in total. The first kappa shape index (κ1) is 12.0. The van der Waals surface area contributed by atoms with Gasteiger partial charge >= 0.3 is 0 Å². The van der Waals surface area contributed by atoms with Gasteiger partial charge in [0.1, 0.15) is 0 Å². The molecule has 0 radical (unpaired) electrons. The molecular weight excluding hydrogens is 208 g/mol. The number of fused-ring (bicyclic) bond motifs is 4. The van der Waals surface area contributed by atoms with E-state index in [1.807, 2.05) is 0 Å². The van der Waals surface area contributed by atoms with E-state index in [9.17, 15) is 0 Å². The SMILES string of the molecule is CCCCN1C[C@H]2C[C@@H](C1)C1CCCCN1C2. The van der Waals surface area contributed by atoms with Gasteiger partial charge in [0.25, 0.3) is 0 Å². The van der Waals surface area contributed by atoms with Crippen LogP contribution in [0.15, 0.2) is 0 Å². The summed E-state index contributed by atoms with van der Waals surface area (Å²) < 4.78 is 0. The molecular formula is C15H28N2. The number of hydrogen-bond acceptors (Lipinski definition) is 2. The van der Waals surface area contributed by atoms with Crippen LogP contribution in [-0.4, -0.2) is 48.6 Å². The summed E-state index contributed by atoms with van der Waals surface area (Å²) >= 11 is 0. The van der Waals surface area contributed by atoms with Crippen molar-refractivity contribution in [1.29, 1.82) is 0 Å². The average Bonchev–Trinajstić information content (AvgIpc) is 2.36. The predicted molar refractivity (Wildman–Crippen MR) is 72.2 cm³/mol. The van der Waals surface area contributed by atoms with Crippen molar-refractivity contribution in [3.05, 3.63) is 0 Å². The maximum Gasteiger partial charge on any atom is 0.0136 e. The second-order valence-electron chi connectivity index (χ2n) is 6.53. The lowest BCUT2D eigenvalue weighted by molar-refractivity contribution is -0.0304. The van der Waals surface area contributed by atoms with Crippen molar-refractivity contribution in [1.82, 2.24) is 9.80 Å². The molecule has 0 aromatic rings. The van der Waals surface area contributed by atoms with Crippen molar-refractivity contribution in [3.63, 3.8) is 0 Å². The molecule has 3 heterocycles. The zero-order chi connectivity index (χ0) is 11.7. The van der Waals surface area contributed by atoms with Crippen LogP contribution in [0.3, 0.4) is 0 Å². The van der Waals surface area contributed by atoms with Crippen LogP contribution in [-0.2, 0) is 0 Å². The molecule has 0 aromatic carbocycles. The van der Waals surface area contributed by atoms with Crippen molar-refractivity contribution < 1.29 is 0 Å². The highest BCUT2D eigenvalue weighted by Crippen LogP contribution is 2.37. The monoisotopic (exact) mass is 236 g/mol. The van der Waals surface area contributed by atoms with E-state index < -0.39 is 0 Å². The van der Waals surface area contributed by atoms with Crippen LogP contribution in [0.25, 0.3) is 0 Å². The van der Waals surface area contributed by atoms with Gasteiger partial charge in [0, 0.05) is 25.7 Å². The largest absolute Gasteiger partial charge is 0.303 e. The Morgan fingerprint density at radius 3 is 2.94 bits per heavy atom. The Morgan fingerprint density at radius 1 is 1.12 bits per heavy atom. The van der Waals surface area contributed by atoms with E-state index in [0.717, 1.165) is 17.9 Å². The average molecular weight is 236 g/mol. The fraction of sp³-hybridized carbons (Fsp3) is 1.00. The predicted octanol–water partition coefficient (Wildman–Crippen LogP) is 2.59. The molecule has 0 amide bonds. The molecule has 3 aliphatic heterocycles. The second kappa shape index (κ2) is 5.27. The third kappa shape index (κ3) is 2.53. The van der Waals surface area contributed by atoms with Gasteiger partial charge in [-0.3, -0.25) is 4.90 Å². The first-order valence-electron chi connectivity index (χ1n) is 7.83. The van der Waals surface area contributed by atoms with Crippen LogP contribution >= 0.6 is 0 Å². The van der Waals surface area contributed by atoms with Gasteiger partial charge < -0.3 is 4.90 Å². The maximum absolute atomic E-state index is 2.83. The van der Waals surface area contributed by atoms with E-state index in [2.05, 4.69) is 16.7 Å². The standard InChI is InChI=1S/C15H28N2/c1-2-3-7-16-10-13-9-14(12-16)15-6-4-5-8-17(15)11-13/h13-15H,2-12H2,1H3/t13-,14+,15?/m1/s1.